The van der Waals surface area contributed by atoms with Gasteiger partial charge in [-0.15, -0.1) is 10.2 Å². The van der Waals surface area contributed by atoms with Crippen molar-refractivity contribution in [3.8, 4) is 5.75 Å². The molecule has 0 radical (unpaired) electrons. The van der Waals surface area contributed by atoms with Gasteiger partial charge in [0.2, 0.25) is 5.16 Å². The van der Waals surface area contributed by atoms with E-state index in [0.29, 0.717) is 16.9 Å². The molecule has 25 heavy (non-hydrogen) atoms. The molecule has 1 aromatic carbocycles. The number of nitrogen functional groups attached to an aromatic ring is 1. The van der Waals surface area contributed by atoms with Crippen LogP contribution in [0.1, 0.15) is 56.0 Å². The number of hydrogen-bond acceptors (Lipinski definition) is 6. The minimum absolute atomic E-state index is 0.247. The van der Waals surface area contributed by atoms with Gasteiger partial charge in [-0.3, -0.25) is 0 Å². The first-order valence-corrected chi connectivity index (χ1v) is 9.68. The van der Waals surface area contributed by atoms with Crippen LogP contribution in [0.5, 0.6) is 5.75 Å². The Labute approximate surface area is 153 Å². The Morgan fingerprint density at radius 3 is 2.76 bits per heavy atom. The van der Waals surface area contributed by atoms with Gasteiger partial charge in [-0.05, 0) is 42.9 Å². The van der Waals surface area contributed by atoms with Gasteiger partial charge in [-0.2, -0.15) is 0 Å². The van der Waals surface area contributed by atoms with Crippen LogP contribution < -0.4 is 10.6 Å². The van der Waals surface area contributed by atoms with E-state index >= 15 is 0 Å². The van der Waals surface area contributed by atoms with Gasteiger partial charge < -0.3 is 15.7 Å². The Hall–Kier alpha value is -1.73. The normalized spacial score (nSPS) is 11.2. The molecule has 0 aliphatic carbocycles. The zero-order chi connectivity index (χ0) is 18.2. The molecule has 2 aromatic rings. The van der Waals surface area contributed by atoms with Gasteiger partial charge in [-0.1, -0.05) is 44.2 Å². The van der Waals surface area contributed by atoms with E-state index < -0.39 is 0 Å². The van der Waals surface area contributed by atoms with Crippen molar-refractivity contribution in [2.75, 3.05) is 18.2 Å². The van der Waals surface area contributed by atoms with E-state index in [1.807, 2.05) is 13.0 Å². The van der Waals surface area contributed by atoms with E-state index in [2.05, 4.69) is 36.2 Å². The largest absolute Gasteiger partial charge is 0.485 e. The topological polar surface area (TPSA) is 86.2 Å². The van der Waals surface area contributed by atoms with Crippen LogP contribution >= 0.6 is 11.8 Å². The fourth-order valence-electron chi connectivity index (χ4n) is 2.44. The molecule has 7 heteroatoms. The molecule has 0 spiro atoms. The Bertz CT molecular complexity index is 673. The molecule has 0 bridgehead atoms. The Kier molecular flexibility index (Phi) is 7.58. The summed E-state index contributed by atoms with van der Waals surface area (Å²) in [6.45, 7) is 6.88. The standard InChI is InChI=1S/C18H28N4O2S/c1-13(2)15-8-7-14(3)11-16(15)24-12-17-20-21-18(22(17)19)25-10-6-4-5-9-23/h7-8,11,13,23H,4-6,9-10,12,19H2,1-3H3. The molecule has 0 fully saturated rings. The minimum Gasteiger partial charge on any atom is -0.485 e. The molecule has 3 N–H and O–H groups in total. The lowest BCUT2D eigenvalue weighted by Gasteiger charge is -2.14. The van der Waals surface area contributed by atoms with Crippen LogP contribution in [0.3, 0.4) is 0 Å². The van der Waals surface area contributed by atoms with E-state index in [1.54, 1.807) is 11.8 Å². The molecule has 0 amide bonds. The summed E-state index contributed by atoms with van der Waals surface area (Å²) in [6, 6.07) is 6.25. The minimum atomic E-state index is 0.247. The van der Waals surface area contributed by atoms with Crippen molar-refractivity contribution < 1.29 is 9.84 Å². The lowest BCUT2D eigenvalue weighted by molar-refractivity contribution is 0.284. The molecule has 0 atom stereocenters. The van der Waals surface area contributed by atoms with Gasteiger partial charge in [0, 0.05) is 12.4 Å². The van der Waals surface area contributed by atoms with E-state index in [1.165, 1.54) is 10.2 Å². The predicted molar refractivity (Wildman–Crippen MR) is 101 cm³/mol. The van der Waals surface area contributed by atoms with E-state index in [4.69, 9.17) is 15.7 Å². The quantitative estimate of drug-likeness (QED) is 0.382. The molecule has 0 unspecified atom stereocenters. The summed E-state index contributed by atoms with van der Waals surface area (Å²) >= 11 is 1.58. The molecule has 0 saturated heterocycles. The van der Waals surface area contributed by atoms with Gasteiger partial charge >= 0.3 is 0 Å². The lowest BCUT2D eigenvalue weighted by Crippen LogP contribution is -2.16. The summed E-state index contributed by atoms with van der Waals surface area (Å²) < 4.78 is 7.48. The number of aryl methyl sites for hydroxylation is 1. The number of rotatable bonds is 10. The number of aliphatic hydroxyl groups is 1. The van der Waals surface area contributed by atoms with E-state index in [0.717, 1.165) is 36.3 Å². The molecule has 1 aromatic heterocycles. The summed E-state index contributed by atoms with van der Waals surface area (Å²) in [7, 11) is 0. The van der Waals surface area contributed by atoms with Crippen LogP contribution in [0.15, 0.2) is 23.4 Å². The van der Waals surface area contributed by atoms with Gasteiger partial charge in [-0.25, -0.2) is 4.68 Å². The Morgan fingerprint density at radius 2 is 2.04 bits per heavy atom. The van der Waals surface area contributed by atoms with Crippen molar-refractivity contribution in [3.05, 3.63) is 35.2 Å². The molecule has 0 aliphatic rings. The van der Waals surface area contributed by atoms with Crippen molar-refractivity contribution in [2.45, 2.75) is 57.7 Å². The highest BCUT2D eigenvalue weighted by atomic mass is 32.2. The highest BCUT2D eigenvalue weighted by molar-refractivity contribution is 7.99. The van der Waals surface area contributed by atoms with Crippen molar-refractivity contribution in [3.63, 3.8) is 0 Å². The second kappa shape index (κ2) is 9.68. The summed E-state index contributed by atoms with van der Waals surface area (Å²) in [5, 5.41) is 17.8. The van der Waals surface area contributed by atoms with Gasteiger partial charge in [0.25, 0.3) is 0 Å². The Morgan fingerprint density at radius 1 is 1.24 bits per heavy atom. The fraction of sp³-hybridized carbons (Fsp3) is 0.556. The third kappa shape index (κ3) is 5.64. The van der Waals surface area contributed by atoms with Crippen molar-refractivity contribution >= 4 is 11.8 Å². The zero-order valence-corrected chi connectivity index (χ0v) is 16.1. The maximum atomic E-state index is 8.79. The van der Waals surface area contributed by atoms with Gasteiger partial charge in [0.15, 0.2) is 5.82 Å². The smallest absolute Gasteiger partial charge is 0.209 e. The maximum Gasteiger partial charge on any atom is 0.209 e. The lowest BCUT2D eigenvalue weighted by atomic mass is 10.0. The van der Waals surface area contributed by atoms with Crippen LogP contribution in [-0.2, 0) is 6.61 Å². The third-order valence-electron chi connectivity index (χ3n) is 3.92. The number of nitrogens with two attached hydrogens (primary N) is 1. The first-order chi connectivity index (χ1) is 12.0. The molecule has 138 valence electrons. The Balaban J connectivity index is 1.95. The number of benzene rings is 1. The van der Waals surface area contributed by atoms with Crippen LogP contribution in [-0.4, -0.2) is 32.3 Å². The maximum absolute atomic E-state index is 8.79. The first kappa shape index (κ1) is 19.6. The molecular weight excluding hydrogens is 336 g/mol. The van der Waals surface area contributed by atoms with E-state index in [-0.39, 0.29) is 13.2 Å². The number of hydrogen-bond donors (Lipinski definition) is 2. The fourth-order valence-corrected chi connectivity index (χ4v) is 3.32. The van der Waals surface area contributed by atoms with Crippen molar-refractivity contribution in [1.29, 1.82) is 0 Å². The second-order valence-electron chi connectivity index (χ2n) is 6.39. The monoisotopic (exact) mass is 364 g/mol. The van der Waals surface area contributed by atoms with Gasteiger partial charge in [0.1, 0.15) is 12.4 Å². The molecule has 0 aliphatic heterocycles. The van der Waals surface area contributed by atoms with Crippen molar-refractivity contribution in [1.82, 2.24) is 14.9 Å². The molecule has 1 heterocycles. The highest BCUT2D eigenvalue weighted by Gasteiger charge is 2.13. The van der Waals surface area contributed by atoms with E-state index in [9.17, 15) is 0 Å². The summed E-state index contributed by atoms with van der Waals surface area (Å²) in [5.41, 5.74) is 2.33. The van der Waals surface area contributed by atoms with Crippen LogP contribution in [0, 0.1) is 6.92 Å². The number of aromatic nitrogens is 3. The SMILES string of the molecule is Cc1ccc(C(C)C)c(OCc2nnc(SCCCCCO)n2N)c1. The average molecular weight is 365 g/mol. The van der Waals surface area contributed by atoms with Crippen molar-refractivity contribution in [2.24, 2.45) is 0 Å². The number of aliphatic hydroxyl groups excluding tert-OH is 1. The van der Waals surface area contributed by atoms with Crippen LogP contribution in [0.2, 0.25) is 0 Å². The molecule has 0 saturated carbocycles. The highest BCUT2D eigenvalue weighted by Crippen LogP contribution is 2.28. The number of unbranched alkanes of at least 4 members (excludes halogenated alkanes) is 2. The summed E-state index contributed by atoms with van der Waals surface area (Å²) in [5.74, 6) is 8.86. The first-order valence-electron chi connectivity index (χ1n) is 8.69. The molecular formula is C18H28N4O2S. The second-order valence-corrected chi connectivity index (χ2v) is 7.45. The summed E-state index contributed by atoms with van der Waals surface area (Å²) in [4.78, 5) is 0. The molecule has 2 rings (SSSR count). The zero-order valence-electron chi connectivity index (χ0n) is 15.2. The molecule has 6 nitrogen and oxygen atoms in total. The third-order valence-corrected chi connectivity index (χ3v) is 4.95. The van der Waals surface area contributed by atoms with Gasteiger partial charge in [0.05, 0.1) is 0 Å². The van der Waals surface area contributed by atoms with Crippen LogP contribution in [0.4, 0.5) is 0 Å². The number of nitrogens with zero attached hydrogens (tertiary/aromatic N) is 3. The number of ether oxygens (including phenoxy) is 1. The van der Waals surface area contributed by atoms with Crippen LogP contribution in [0.25, 0.3) is 0 Å². The predicted octanol–water partition coefficient (Wildman–Crippen LogP) is 3.26. The number of thioether (sulfide) groups is 1. The average Bonchev–Trinajstić information content (AvgIpc) is 2.93. The summed E-state index contributed by atoms with van der Waals surface area (Å²) in [6.07, 6.45) is 2.86.